The zero-order valence-corrected chi connectivity index (χ0v) is 12.2. The predicted octanol–water partition coefficient (Wildman–Crippen LogP) is 5.55. The third kappa shape index (κ3) is 1.83. The third-order valence-corrected chi connectivity index (χ3v) is 4.47. The summed E-state index contributed by atoms with van der Waals surface area (Å²) < 4.78 is 1.21. The van der Waals surface area contributed by atoms with Gasteiger partial charge in [-0.15, -0.1) is 0 Å². The van der Waals surface area contributed by atoms with Crippen molar-refractivity contribution in [1.29, 1.82) is 0 Å². The summed E-state index contributed by atoms with van der Waals surface area (Å²) >= 11 is 3.76. The number of allylic oxidation sites excluding steroid dienone is 1. The third-order valence-electron chi connectivity index (χ3n) is 3.62. The Labute approximate surface area is 116 Å². The van der Waals surface area contributed by atoms with Crippen LogP contribution in [0.1, 0.15) is 29.5 Å². The minimum absolute atomic E-state index is 0.531. The fourth-order valence-electron chi connectivity index (χ4n) is 2.47. The molecule has 1 aliphatic carbocycles. The fraction of sp³-hybridized carbons (Fsp3) is 0.176. The molecule has 0 fully saturated rings. The molecule has 18 heavy (non-hydrogen) atoms. The van der Waals surface area contributed by atoms with E-state index in [9.17, 15) is 0 Å². The van der Waals surface area contributed by atoms with Crippen molar-refractivity contribution in [3.63, 3.8) is 0 Å². The normalized spacial score (nSPS) is 16.9. The molecule has 0 radical (unpaired) electrons. The fourth-order valence-corrected chi connectivity index (χ4v) is 3.20. The lowest BCUT2D eigenvalue weighted by molar-refractivity contribution is 0.989. The standard InChI is InChI=1S/C17H15Br/c1-11-3-6-13(7-4-11)15-10-9-14-12(2)5-8-16(14)17(15)18/h3-10,12H,1-2H3. The van der Waals surface area contributed by atoms with Crippen molar-refractivity contribution in [1.82, 2.24) is 0 Å². The van der Waals surface area contributed by atoms with Crippen LogP contribution >= 0.6 is 15.9 Å². The van der Waals surface area contributed by atoms with Gasteiger partial charge in [0, 0.05) is 4.47 Å². The van der Waals surface area contributed by atoms with Crippen LogP contribution in [0.4, 0.5) is 0 Å². The average Bonchev–Trinajstić information content (AvgIpc) is 2.74. The lowest BCUT2D eigenvalue weighted by atomic mass is 9.97. The van der Waals surface area contributed by atoms with E-state index >= 15 is 0 Å². The van der Waals surface area contributed by atoms with E-state index in [1.807, 2.05) is 0 Å². The van der Waals surface area contributed by atoms with E-state index in [4.69, 9.17) is 0 Å². The quantitative estimate of drug-likeness (QED) is 0.647. The van der Waals surface area contributed by atoms with Crippen LogP contribution in [-0.4, -0.2) is 0 Å². The second-order valence-electron chi connectivity index (χ2n) is 4.94. The van der Waals surface area contributed by atoms with E-state index < -0.39 is 0 Å². The molecule has 1 aliphatic rings. The number of halogens is 1. The van der Waals surface area contributed by atoms with Crippen LogP contribution in [0.2, 0.25) is 0 Å². The Morgan fingerprint density at radius 1 is 1.00 bits per heavy atom. The summed E-state index contributed by atoms with van der Waals surface area (Å²) in [5.41, 5.74) is 6.58. The minimum atomic E-state index is 0.531. The van der Waals surface area contributed by atoms with E-state index in [-0.39, 0.29) is 0 Å². The highest BCUT2D eigenvalue weighted by Gasteiger charge is 2.17. The zero-order chi connectivity index (χ0) is 12.7. The monoisotopic (exact) mass is 298 g/mol. The van der Waals surface area contributed by atoms with Crippen molar-refractivity contribution < 1.29 is 0 Å². The first-order chi connectivity index (χ1) is 8.66. The van der Waals surface area contributed by atoms with Gasteiger partial charge in [0.2, 0.25) is 0 Å². The first-order valence-corrected chi connectivity index (χ1v) is 7.04. The molecule has 0 bridgehead atoms. The highest BCUT2D eigenvalue weighted by molar-refractivity contribution is 9.10. The Balaban J connectivity index is 2.15. The van der Waals surface area contributed by atoms with Crippen molar-refractivity contribution in [3.05, 3.63) is 63.6 Å². The molecule has 0 spiro atoms. The number of hydrogen-bond acceptors (Lipinski definition) is 0. The molecule has 0 heterocycles. The lowest BCUT2D eigenvalue weighted by Gasteiger charge is -2.11. The van der Waals surface area contributed by atoms with Crippen LogP contribution in [0.25, 0.3) is 17.2 Å². The number of aryl methyl sites for hydroxylation is 1. The Hall–Kier alpha value is -1.34. The number of fused-ring (bicyclic) bond motifs is 1. The second kappa shape index (κ2) is 4.40. The van der Waals surface area contributed by atoms with E-state index in [0.717, 1.165) is 0 Å². The van der Waals surface area contributed by atoms with Crippen molar-refractivity contribution in [2.45, 2.75) is 19.8 Å². The molecular formula is C17H15Br. The van der Waals surface area contributed by atoms with Crippen LogP contribution in [0, 0.1) is 6.92 Å². The van der Waals surface area contributed by atoms with Crippen molar-refractivity contribution in [2.75, 3.05) is 0 Å². The Bertz CT molecular complexity index is 621. The lowest BCUT2D eigenvalue weighted by Crippen LogP contribution is -1.90. The summed E-state index contributed by atoms with van der Waals surface area (Å²) in [5, 5.41) is 0. The Morgan fingerprint density at radius 2 is 1.72 bits per heavy atom. The van der Waals surface area contributed by atoms with Gasteiger partial charge in [0.05, 0.1) is 0 Å². The van der Waals surface area contributed by atoms with Gasteiger partial charge in [-0.25, -0.2) is 0 Å². The summed E-state index contributed by atoms with van der Waals surface area (Å²) in [6.45, 7) is 4.35. The van der Waals surface area contributed by atoms with Crippen molar-refractivity contribution in [2.24, 2.45) is 0 Å². The van der Waals surface area contributed by atoms with Crippen molar-refractivity contribution >= 4 is 22.0 Å². The number of rotatable bonds is 1. The molecule has 90 valence electrons. The Kier molecular flexibility index (Phi) is 2.87. The van der Waals surface area contributed by atoms with Gasteiger partial charge in [0.25, 0.3) is 0 Å². The first kappa shape index (κ1) is 11.7. The molecular weight excluding hydrogens is 284 g/mol. The molecule has 1 unspecified atom stereocenters. The van der Waals surface area contributed by atoms with E-state index in [1.165, 1.54) is 32.3 Å². The van der Waals surface area contributed by atoms with E-state index in [2.05, 4.69) is 78.3 Å². The van der Waals surface area contributed by atoms with Crippen molar-refractivity contribution in [3.8, 4) is 11.1 Å². The van der Waals surface area contributed by atoms with Gasteiger partial charge >= 0.3 is 0 Å². The molecule has 0 amide bonds. The average molecular weight is 299 g/mol. The summed E-state index contributed by atoms with van der Waals surface area (Å²) in [6, 6.07) is 13.2. The Morgan fingerprint density at radius 3 is 2.44 bits per heavy atom. The molecule has 3 rings (SSSR count). The van der Waals surface area contributed by atoms with Crippen LogP contribution in [0.5, 0.6) is 0 Å². The van der Waals surface area contributed by atoms with E-state index in [1.54, 1.807) is 0 Å². The molecule has 0 saturated heterocycles. The molecule has 0 aromatic heterocycles. The summed E-state index contributed by atoms with van der Waals surface area (Å²) in [5.74, 6) is 0.531. The smallest absolute Gasteiger partial charge is 0.0329 e. The van der Waals surface area contributed by atoms with Gasteiger partial charge < -0.3 is 0 Å². The topological polar surface area (TPSA) is 0 Å². The van der Waals surface area contributed by atoms with Gasteiger partial charge in [-0.1, -0.05) is 61.0 Å². The maximum absolute atomic E-state index is 3.76. The minimum Gasteiger partial charge on any atom is -0.0766 e. The summed E-state index contributed by atoms with van der Waals surface area (Å²) in [7, 11) is 0. The summed E-state index contributed by atoms with van der Waals surface area (Å²) in [4.78, 5) is 0. The summed E-state index contributed by atoms with van der Waals surface area (Å²) in [6.07, 6.45) is 4.48. The predicted molar refractivity (Wildman–Crippen MR) is 81.8 cm³/mol. The molecule has 2 aromatic rings. The van der Waals surface area contributed by atoms with Crippen LogP contribution in [0.3, 0.4) is 0 Å². The molecule has 0 saturated carbocycles. The number of benzene rings is 2. The van der Waals surface area contributed by atoms with Gasteiger partial charge in [-0.2, -0.15) is 0 Å². The van der Waals surface area contributed by atoms with Gasteiger partial charge in [-0.3, -0.25) is 0 Å². The molecule has 0 nitrogen and oxygen atoms in total. The second-order valence-corrected chi connectivity index (χ2v) is 5.74. The van der Waals surface area contributed by atoms with Gasteiger partial charge in [0.15, 0.2) is 0 Å². The highest BCUT2D eigenvalue weighted by Crippen LogP contribution is 2.40. The van der Waals surface area contributed by atoms with Gasteiger partial charge in [0.1, 0.15) is 0 Å². The molecule has 1 heteroatoms. The van der Waals surface area contributed by atoms with Crippen LogP contribution in [-0.2, 0) is 0 Å². The number of hydrogen-bond donors (Lipinski definition) is 0. The van der Waals surface area contributed by atoms with E-state index in [0.29, 0.717) is 5.92 Å². The van der Waals surface area contributed by atoms with Gasteiger partial charge in [-0.05, 0) is 51.0 Å². The molecule has 0 aliphatic heterocycles. The first-order valence-electron chi connectivity index (χ1n) is 6.24. The molecule has 2 aromatic carbocycles. The largest absolute Gasteiger partial charge is 0.0766 e. The maximum atomic E-state index is 3.76. The SMILES string of the molecule is Cc1ccc(-c2ccc3c(c2Br)C=CC3C)cc1. The zero-order valence-electron chi connectivity index (χ0n) is 10.6. The highest BCUT2D eigenvalue weighted by atomic mass is 79.9. The molecule has 0 N–H and O–H groups in total. The maximum Gasteiger partial charge on any atom is 0.0329 e. The van der Waals surface area contributed by atoms with Crippen LogP contribution < -0.4 is 0 Å². The van der Waals surface area contributed by atoms with Crippen LogP contribution in [0.15, 0.2) is 46.9 Å². The molecule has 1 atom stereocenters.